The molecule has 3 heterocycles. The SMILES string of the molecule is CN(Cc1cccc2cccnc12)c1cc(C2CCOC2)nc(N)n1. The van der Waals surface area contributed by atoms with Crippen LogP contribution in [0, 0.1) is 0 Å². The van der Waals surface area contributed by atoms with E-state index in [9.17, 15) is 0 Å². The number of nitrogens with zero attached hydrogens (tertiary/aromatic N) is 4. The van der Waals surface area contributed by atoms with Crippen LogP contribution in [0.5, 0.6) is 0 Å². The summed E-state index contributed by atoms with van der Waals surface area (Å²) >= 11 is 0. The van der Waals surface area contributed by atoms with Crippen molar-refractivity contribution in [3.63, 3.8) is 0 Å². The zero-order chi connectivity index (χ0) is 17.2. The summed E-state index contributed by atoms with van der Waals surface area (Å²) in [6.45, 7) is 2.18. The summed E-state index contributed by atoms with van der Waals surface area (Å²) in [4.78, 5) is 15.4. The Hall–Kier alpha value is -2.73. The molecule has 0 amide bonds. The molecule has 1 saturated heterocycles. The maximum absolute atomic E-state index is 5.95. The summed E-state index contributed by atoms with van der Waals surface area (Å²) < 4.78 is 5.47. The van der Waals surface area contributed by atoms with Gasteiger partial charge in [0.15, 0.2) is 0 Å². The van der Waals surface area contributed by atoms with E-state index in [1.807, 2.05) is 25.4 Å². The van der Waals surface area contributed by atoms with E-state index in [4.69, 9.17) is 10.5 Å². The number of anilines is 2. The maximum Gasteiger partial charge on any atom is 0.222 e. The predicted octanol–water partition coefficient (Wildman–Crippen LogP) is 2.75. The van der Waals surface area contributed by atoms with E-state index in [1.54, 1.807) is 0 Å². The maximum atomic E-state index is 5.95. The highest BCUT2D eigenvalue weighted by molar-refractivity contribution is 5.81. The molecule has 6 nitrogen and oxygen atoms in total. The highest BCUT2D eigenvalue weighted by Crippen LogP contribution is 2.27. The van der Waals surface area contributed by atoms with Crippen molar-refractivity contribution in [2.75, 3.05) is 30.9 Å². The van der Waals surface area contributed by atoms with E-state index in [0.29, 0.717) is 25.0 Å². The zero-order valence-corrected chi connectivity index (χ0v) is 14.2. The molecule has 1 aliphatic rings. The zero-order valence-electron chi connectivity index (χ0n) is 14.2. The molecule has 3 aromatic rings. The Morgan fingerprint density at radius 3 is 2.96 bits per heavy atom. The molecule has 1 fully saturated rings. The van der Waals surface area contributed by atoms with Crippen molar-refractivity contribution in [2.24, 2.45) is 0 Å². The number of hydrogen-bond donors (Lipinski definition) is 1. The molecule has 0 spiro atoms. The number of nitrogen functional groups attached to an aromatic ring is 1. The molecule has 0 aliphatic carbocycles. The lowest BCUT2D eigenvalue weighted by atomic mass is 10.0. The first-order chi connectivity index (χ1) is 12.2. The van der Waals surface area contributed by atoms with Crippen molar-refractivity contribution in [1.29, 1.82) is 0 Å². The highest BCUT2D eigenvalue weighted by Gasteiger charge is 2.21. The molecule has 2 N–H and O–H groups in total. The fraction of sp³-hybridized carbons (Fsp3) is 0.316. The third-order valence-electron chi connectivity index (χ3n) is 4.61. The third kappa shape index (κ3) is 3.25. The summed E-state index contributed by atoms with van der Waals surface area (Å²) in [6, 6.07) is 12.3. The standard InChI is InChI=1S/C19H21N5O/c1-24(11-14-5-2-4-13-6-3-8-21-18(13)14)17-10-16(22-19(20)23-17)15-7-9-25-12-15/h2-6,8,10,15H,7,9,11-12H2,1H3,(H2,20,22,23). The van der Waals surface area contributed by atoms with Gasteiger partial charge in [0.25, 0.3) is 0 Å². The second kappa shape index (κ2) is 6.64. The molecule has 128 valence electrons. The smallest absolute Gasteiger partial charge is 0.222 e. The van der Waals surface area contributed by atoms with Crippen molar-refractivity contribution in [1.82, 2.24) is 15.0 Å². The first kappa shape index (κ1) is 15.8. The van der Waals surface area contributed by atoms with Gasteiger partial charge in [-0.1, -0.05) is 24.3 Å². The molecule has 2 aromatic heterocycles. The van der Waals surface area contributed by atoms with Crippen molar-refractivity contribution in [3.05, 3.63) is 53.9 Å². The molecule has 1 aliphatic heterocycles. The largest absolute Gasteiger partial charge is 0.381 e. The lowest BCUT2D eigenvalue weighted by Gasteiger charge is -2.20. The van der Waals surface area contributed by atoms with Gasteiger partial charge < -0.3 is 15.4 Å². The van der Waals surface area contributed by atoms with E-state index >= 15 is 0 Å². The van der Waals surface area contributed by atoms with Gasteiger partial charge in [-0.3, -0.25) is 4.98 Å². The molecule has 1 unspecified atom stereocenters. The number of aromatic nitrogens is 3. The van der Waals surface area contributed by atoms with Gasteiger partial charge in [-0.25, -0.2) is 4.98 Å². The van der Waals surface area contributed by atoms with E-state index < -0.39 is 0 Å². The molecule has 25 heavy (non-hydrogen) atoms. The van der Waals surface area contributed by atoms with Crippen LogP contribution in [-0.4, -0.2) is 35.2 Å². The molecular formula is C19H21N5O. The minimum Gasteiger partial charge on any atom is -0.381 e. The van der Waals surface area contributed by atoms with Gasteiger partial charge in [-0.2, -0.15) is 4.98 Å². The highest BCUT2D eigenvalue weighted by atomic mass is 16.5. The number of nitrogens with two attached hydrogens (primary N) is 1. The quantitative estimate of drug-likeness (QED) is 0.790. The van der Waals surface area contributed by atoms with Crippen molar-refractivity contribution in [3.8, 4) is 0 Å². The monoisotopic (exact) mass is 335 g/mol. The second-order valence-electron chi connectivity index (χ2n) is 6.42. The topological polar surface area (TPSA) is 77.2 Å². The van der Waals surface area contributed by atoms with E-state index in [1.165, 1.54) is 0 Å². The minimum absolute atomic E-state index is 0.302. The van der Waals surface area contributed by atoms with Crippen LogP contribution in [-0.2, 0) is 11.3 Å². The van der Waals surface area contributed by atoms with Gasteiger partial charge in [-0.15, -0.1) is 0 Å². The minimum atomic E-state index is 0.302. The lowest BCUT2D eigenvalue weighted by molar-refractivity contribution is 0.193. The summed E-state index contributed by atoms with van der Waals surface area (Å²) in [5.74, 6) is 1.43. The first-order valence-corrected chi connectivity index (χ1v) is 8.46. The van der Waals surface area contributed by atoms with E-state index in [0.717, 1.165) is 41.0 Å². The fourth-order valence-corrected chi connectivity index (χ4v) is 3.28. The Morgan fingerprint density at radius 2 is 2.12 bits per heavy atom. The Bertz CT molecular complexity index is 887. The molecular weight excluding hydrogens is 314 g/mol. The van der Waals surface area contributed by atoms with Crippen molar-refractivity contribution in [2.45, 2.75) is 18.9 Å². The Balaban J connectivity index is 1.63. The molecule has 0 bridgehead atoms. The Morgan fingerprint density at radius 1 is 1.24 bits per heavy atom. The van der Waals surface area contributed by atoms with Crippen molar-refractivity contribution < 1.29 is 4.74 Å². The molecule has 0 radical (unpaired) electrons. The third-order valence-corrected chi connectivity index (χ3v) is 4.61. The number of hydrogen-bond acceptors (Lipinski definition) is 6. The number of pyridine rings is 1. The summed E-state index contributed by atoms with van der Waals surface area (Å²) in [6.07, 6.45) is 2.81. The van der Waals surface area contributed by atoms with Crippen LogP contribution in [0.3, 0.4) is 0 Å². The van der Waals surface area contributed by atoms with E-state index in [-0.39, 0.29) is 0 Å². The van der Waals surface area contributed by atoms with Crippen LogP contribution in [0.1, 0.15) is 23.6 Å². The Labute approximate surface area is 146 Å². The first-order valence-electron chi connectivity index (χ1n) is 8.46. The number of fused-ring (bicyclic) bond motifs is 1. The predicted molar refractivity (Wildman–Crippen MR) is 98.5 cm³/mol. The fourth-order valence-electron chi connectivity index (χ4n) is 3.28. The summed E-state index contributed by atoms with van der Waals surface area (Å²) in [7, 11) is 2.01. The molecule has 4 rings (SSSR count). The average Bonchev–Trinajstić information content (AvgIpc) is 3.16. The van der Waals surface area contributed by atoms with Gasteiger partial charge in [-0.05, 0) is 18.1 Å². The van der Waals surface area contributed by atoms with Crippen molar-refractivity contribution >= 4 is 22.7 Å². The van der Waals surface area contributed by atoms with Gasteiger partial charge in [0.2, 0.25) is 5.95 Å². The molecule has 1 atom stereocenters. The van der Waals surface area contributed by atoms with Gasteiger partial charge in [0.1, 0.15) is 5.82 Å². The molecule has 6 heteroatoms. The number of benzene rings is 1. The van der Waals surface area contributed by atoms with Gasteiger partial charge >= 0.3 is 0 Å². The van der Waals surface area contributed by atoms with Gasteiger partial charge in [0.05, 0.1) is 17.8 Å². The Kier molecular flexibility index (Phi) is 4.19. The molecule has 0 saturated carbocycles. The number of para-hydroxylation sites is 1. The van der Waals surface area contributed by atoms with Crippen LogP contribution in [0.15, 0.2) is 42.6 Å². The van der Waals surface area contributed by atoms with Crippen LogP contribution in [0.4, 0.5) is 11.8 Å². The second-order valence-corrected chi connectivity index (χ2v) is 6.42. The number of rotatable bonds is 4. The van der Waals surface area contributed by atoms with E-state index in [2.05, 4.69) is 44.1 Å². The van der Waals surface area contributed by atoms with Crippen LogP contribution < -0.4 is 10.6 Å². The van der Waals surface area contributed by atoms with Crippen LogP contribution in [0.2, 0.25) is 0 Å². The lowest BCUT2D eigenvalue weighted by Crippen LogP contribution is -2.20. The summed E-state index contributed by atoms with van der Waals surface area (Å²) in [5.41, 5.74) is 9.08. The molecule has 1 aromatic carbocycles. The summed E-state index contributed by atoms with van der Waals surface area (Å²) in [5, 5.41) is 1.14. The average molecular weight is 335 g/mol. The number of ether oxygens (including phenoxy) is 1. The van der Waals surface area contributed by atoms with Crippen LogP contribution in [0.25, 0.3) is 10.9 Å². The van der Waals surface area contributed by atoms with Gasteiger partial charge in [0, 0.05) is 43.8 Å². The van der Waals surface area contributed by atoms with Crippen LogP contribution >= 0.6 is 0 Å². The normalized spacial score (nSPS) is 17.1.